The molecule has 1 aliphatic heterocycles. The maximum Gasteiger partial charge on any atom is 0.223 e. The van der Waals surface area contributed by atoms with Crippen molar-refractivity contribution in [2.75, 3.05) is 31.1 Å². The minimum Gasteiger partial charge on any atom is -0.357 e. The van der Waals surface area contributed by atoms with Crippen LogP contribution in [0.2, 0.25) is 0 Å². The van der Waals surface area contributed by atoms with Crippen molar-refractivity contribution in [1.29, 1.82) is 0 Å². The molecule has 7 nitrogen and oxygen atoms in total. The summed E-state index contributed by atoms with van der Waals surface area (Å²) < 4.78 is 0. The first-order valence-electron chi connectivity index (χ1n) is 11.6. The maximum absolute atomic E-state index is 12.4. The third kappa shape index (κ3) is 6.86. The smallest absolute Gasteiger partial charge is 0.223 e. The first-order chi connectivity index (χ1) is 14.5. The van der Waals surface area contributed by atoms with Gasteiger partial charge >= 0.3 is 0 Å². The van der Waals surface area contributed by atoms with E-state index in [-0.39, 0.29) is 17.9 Å². The minimum absolute atomic E-state index is 0.0977. The van der Waals surface area contributed by atoms with Crippen LogP contribution >= 0.6 is 11.3 Å². The molecule has 2 atom stereocenters. The van der Waals surface area contributed by atoms with E-state index in [0.717, 1.165) is 68.5 Å². The van der Waals surface area contributed by atoms with Gasteiger partial charge in [0.2, 0.25) is 5.91 Å². The largest absolute Gasteiger partial charge is 0.357 e. The van der Waals surface area contributed by atoms with Crippen LogP contribution in [0, 0.1) is 5.92 Å². The average molecular weight is 435 g/mol. The number of hydrogen-bond donors (Lipinski definition) is 3. The summed E-state index contributed by atoms with van der Waals surface area (Å²) in [6.07, 6.45) is 7.41. The zero-order valence-electron chi connectivity index (χ0n) is 18.7. The van der Waals surface area contributed by atoms with Gasteiger partial charge in [-0.25, -0.2) is 4.98 Å². The SMILES string of the molecule is CCNC(=NCCc1csc(N2CCCC2)n1)NC1CCCC(C(=O)NC(C)C)C1. The number of rotatable bonds is 8. The van der Waals surface area contributed by atoms with Gasteiger partial charge in [0.05, 0.1) is 5.69 Å². The highest BCUT2D eigenvalue weighted by Gasteiger charge is 2.28. The van der Waals surface area contributed by atoms with Gasteiger partial charge in [-0.2, -0.15) is 0 Å². The summed E-state index contributed by atoms with van der Waals surface area (Å²) in [5.74, 6) is 1.14. The number of nitrogens with zero attached hydrogens (tertiary/aromatic N) is 3. The van der Waals surface area contributed by atoms with Crippen LogP contribution in [0.3, 0.4) is 0 Å². The van der Waals surface area contributed by atoms with E-state index in [1.165, 1.54) is 12.8 Å². The van der Waals surface area contributed by atoms with E-state index in [2.05, 4.69) is 33.2 Å². The van der Waals surface area contributed by atoms with Crippen molar-refractivity contribution in [2.45, 2.75) is 77.8 Å². The Morgan fingerprint density at radius 2 is 2.10 bits per heavy atom. The second-order valence-electron chi connectivity index (χ2n) is 8.69. The molecule has 0 spiro atoms. The second kappa shape index (κ2) is 11.5. The number of carbonyl (C=O) groups excluding carboxylic acids is 1. The summed E-state index contributed by atoms with van der Waals surface area (Å²) in [5, 5.41) is 13.3. The molecule has 1 aromatic heterocycles. The van der Waals surface area contributed by atoms with Gasteiger partial charge < -0.3 is 20.9 Å². The van der Waals surface area contributed by atoms with E-state index in [4.69, 9.17) is 9.98 Å². The van der Waals surface area contributed by atoms with E-state index in [0.29, 0.717) is 12.6 Å². The molecule has 2 heterocycles. The Morgan fingerprint density at radius 1 is 1.30 bits per heavy atom. The molecule has 2 aliphatic rings. The highest BCUT2D eigenvalue weighted by molar-refractivity contribution is 7.13. The zero-order valence-corrected chi connectivity index (χ0v) is 19.6. The molecule has 30 heavy (non-hydrogen) atoms. The lowest BCUT2D eigenvalue weighted by atomic mass is 9.85. The van der Waals surface area contributed by atoms with E-state index < -0.39 is 0 Å². The molecule has 1 amide bonds. The lowest BCUT2D eigenvalue weighted by Crippen LogP contribution is -2.47. The Labute approximate surface area is 185 Å². The molecule has 1 aliphatic carbocycles. The number of amides is 1. The number of hydrogen-bond acceptors (Lipinski definition) is 5. The first kappa shape index (κ1) is 22.8. The van der Waals surface area contributed by atoms with Crippen molar-refractivity contribution in [3.63, 3.8) is 0 Å². The van der Waals surface area contributed by atoms with E-state index in [1.54, 1.807) is 11.3 Å². The summed E-state index contributed by atoms with van der Waals surface area (Å²) in [6.45, 7) is 9.92. The van der Waals surface area contributed by atoms with Crippen LogP contribution < -0.4 is 20.9 Å². The number of carbonyl (C=O) groups is 1. The predicted octanol–water partition coefficient (Wildman–Crippen LogP) is 2.92. The Morgan fingerprint density at radius 3 is 2.83 bits per heavy atom. The zero-order chi connectivity index (χ0) is 21.3. The molecule has 168 valence electrons. The Kier molecular flexibility index (Phi) is 8.78. The summed E-state index contributed by atoms with van der Waals surface area (Å²) >= 11 is 1.75. The molecular weight excluding hydrogens is 396 g/mol. The van der Waals surface area contributed by atoms with Crippen LogP contribution in [0.4, 0.5) is 5.13 Å². The van der Waals surface area contributed by atoms with Crippen molar-refractivity contribution in [1.82, 2.24) is 20.9 Å². The van der Waals surface area contributed by atoms with Gasteiger partial charge in [0, 0.05) is 56.0 Å². The summed E-state index contributed by atoms with van der Waals surface area (Å²) in [4.78, 5) is 24.4. The van der Waals surface area contributed by atoms with Crippen LogP contribution in [0.1, 0.15) is 65.0 Å². The standard InChI is InChI=1S/C22H38N6OS/c1-4-23-21(26-18-9-7-8-17(14-18)20(29)25-16(2)3)24-11-10-19-15-30-22(27-19)28-12-5-6-13-28/h15-18H,4-14H2,1-3H3,(H,25,29)(H2,23,24,26). The fraction of sp³-hybridized carbons (Fsp3) is 0.773. The normalized spacial score (nSPS) is 22.4. The molecule has 0 bridgehead atoms. The highest BCUT2D eigenvalue weighted by atomic mass is 32.1. The van der Waals surface area contributed by atoms with Gasteiger partial charge in [-0.05, 0) is 52.9 Å². The van der Waals surface area contributed by atoms with Crippen LogP contribution in [0.15, 0.2) is 10.4 Å². The minimum atomic E-state index is 0.0977. The maximum atomic E-state index is 12.4. The Bertz CT molecular complexity index is 698. The molecule has 1 saturated heterocycles. The second-order valence-corrected chi connectivity index (χ2v) is 9.53. The number of thiazole rings is 1. The number of nitrogens with one attached hydrogen (secondary N) is 3. The summed E-state index contributed by atoms with van der Waals surface area (Å²) in [6, 6.07) is 0.488. The van der Waals surface area contributed by atoms with Crippen molar-refractivity contribution in [2.24, 2.45) is 10.9 Å². The topological polar surface area (TPSA) is 81.7 Å². The molecular formula is C22H38N6OS. The monoisotopic (exact) mass is 434 g/mol. The number of anilines is 1. The highest BCUT2D eigenvalue weighted by Crippen LogP contribution is 2.25. The third-order valence-electron chi connectivity index (χ3n) is 5.72. The molecule has 0 radical (unpaired) electrons. The van der Waals surface area contributed by atoms with Crippen LogP contribution in [0.5, 0.6) is 0 Å². The van der Waals surface area contributed by atoms with Crippen LogP contribution in [-0.2, 0) is 11.2 Å². The number of guanidine groups is 1. The van der Waals surface area contributed by atoms with Crippen molar-refractivity contribution >= 4 is 28.3 Å². The number of aromatic nitrogens is 1. The summed E-state index contributed by atoms with van der Waals surface area (Å²) in [5.41, 5.74) is 1.13. The predicted molar refractivity (Wildman–Crippen MR) is 125 cm³/mol. The van der Waals surface area contributed by atoms with Gasteiger partial charge in [-0.15, -0.1) is 11.3 Å². The van der Waals surface area contributed by atoms with E-state index in [1.807, 2.05) is 13.8 Å². The molecule has 1 saturated carbocycles. The first-order valence-corrected chi connectivity index (χ1v) is 12.5. The van der Waals surface area contributed by atoms with Gasteiger partial charge in [0.1, 0.15) is 0 Å². The lowest BCUT2D eigenvalue weighted by molar-refractivity contribution is -0.126. The number of aliphatic imine (C=N–C) groups is 1. The van der Waals surface area contributed by atoms with Crippen LogP contribution in [0.25, 0.3) is 0 Å². The Hall–Kier alpha value is -1.83. The van der Waals surface area contributed by atoms with Crippen molar-refractivity contribution in [3.05, 3.63) is 11.1 Å². The molecule has 0 aromatic carbocycles. The molecule has 3 N–H and O–H groups in total. The average Bonchev–Trinajstić information content (AvgIpc) is 3.40. The van der Waals surface area contributed by atoms with Crippen molar-refractivity contribution < 1.29 is 4.79 Å². The third-order valence-corrected chi connectivity index (χ3v) is 6.67. The fourth-order valence-electron chi connectivity index (χ4n) is 4.22. The van der Waals surface area contributed by atoms with Gasteiger partial charge in [-0.3, -0.25) is 9.79 Å². The van der Waals surface area contributed by atoms with Crippen molar-refractivity contribution in [3.8, 4) is 0 Å². The molecule has 8 heteroatoms. The molecule has 2 fully saturated rings. The molecule has 2 unspecified atom stereocenters. The fourth-order valence-corrected chi connectivity index (χ4v) is 5.14. The molecule has 1 aromatic rings. The van der Waals surface area contributed by atoms with Gasteiger partial charge in [0.15, 0.2) is 11.1 Å². The lowest BCUT2D eigenvalue weighted by Gasteiger charge is -2.30. The van der Waals surface area contributed by atoms with Crippen LogP contribution in [-0.4, -0.2) is 55.1 Å². The summed E-state index contributed by atoms with van der Waals surface area (Å²) in [7, 11) is 0. The van der Waals surface area contributed by atoms with E-state index in [9.17, 15) is 4.79 Å². The van der Waals surface area contributed by atoms with Gasteiger partial charge in [0.25, 0.3) is 0 Å². The van der Waals surface area contributed by atoms with E-state index >= 15 is 0 Å². The Balaban J connectivity index is 1.49. The quantitative estimate of drug-likeness (QED) is 0.433. The molecule has 3 rings (SSSR count). The van der Waals surface area contributed by atoms with Gasteiger partial charge in [-0.1, -0.05) is 6.42 Å².